The molecule has 152 valence electrons. The Balaban J connectivity index is 1.42. The highest BCUT2D eigenvalue weighted by Crippen LogP contribution is 2.62. The van der Waals surface area contributed by atoms with Crippen LogP contribution in [0.4, 0.5) is 0 Å². The van der Waals surface area contributed by atoms with E-state index in [1.54, 1.807) is 18.9 Å². The van der Waals surface area contributed by atoms with Crippen LogP contribution in [0.3, 0.4) is 0 Å². The maximum Gasteiger partial charge on any atom is 0.307 e. The van der Waals surface area contributed by atoms with E-state index in [0.717, 1.165) is 34.0 Å². The number of ether oxygens (including phenoxy) is 1. The van der Waals surface area contributed by atoms with Crippen LogP contribution in [-0.2, 0) is 16.6 Å². The van der Waals surface area contributed by atoms with Crippen molar-refractivity contribution >= 4 is 17.7 Å². The normalized spacial score (nSPS) is 29.8. The zero-order chi connectivity index (χ0) is 20.0. The van der Waals surface area contributed by atoms with Crippen molar-refractivity contribution in [3.63, 3.8) is 0 Å². The summed E-state index contributed by atoms with van der Waals surface area (Å²) in [5.74, 6) is 2.98. The van der Waals surface area contributed by atoms with Crippen molar-refractivity contribution in [3.05, 3.63) is 53.6 Å². The van der Waals surface area contributed by atoms with Crippen molar-refractivity contribution in [2.24, 2.45) is 17.8 Å². The lowest BCUT2D eigenvalue weighted by molar-refractivity contribution is -0.136. The lowest BCUT2D eigenvalue weighted by Gasteiger charge is -2.57. The summed E-state index contributed by atoms with van der Waals surface area (Å²) < 4.78 is 5.83. The molecule has 0 heterocycles. The molecule has 4 bridgehead atoms. The van der Waals surface area contributed by atoms with E-state index in [0.29, 0.717) is 5.41 Å². The van der Waals surface area contributed by atoms with Crippen LogP contribution in [-0.4, -0.2) is 18.2 Å². The van der Waals surface area contributed by atoms with Gasteiger partial charge in [-0.1, -0.05) is 23.9 Å². The van der Waals surface area contributed by atoms with Crippen LogP contribution < -0.4 is 4.74 Å². The van der Waals surface area contributed by atoms with Gasteiger partial charge >= 0.3 is 5.97 Å². The lowest BCUT2D eigenvalue weighted by Crippen LogP contribution is -2.48. The molecule has 29 heavy (non-hydrogen) atoms. The Kier molecular flexibility index (Phi) is 4.85. The van der Waals surface area contributed by atoms with Crippen molar-refractivity contribution < 1.29 is 14.6 Å². The number of benzene rings is 2. The number of aliphatic carboxylic acids is 1. The third kappa shape index (κ3) is 3.68. The smallest absolute Gasteiger partial charge is 0.307 e. The maximum atomic E-state index is 10.9. The minimum atomic E-state index is -0.791. The van der Waals surface area contributed by atoms with E-state index in [1.165, 1.54) is 49.0 Å². The Morgan fingerprint density at radius 1 is 1.00 bits per heavy atom. The molecule has 4 aliphatic rings. The number of carbonyl (C=O) groups is 1. The number of hydrogen-bond acceptors (Lipinski definition) is 3. The average Bonchev–Trinajstić information content (AvgIpc) is 2.68. The molecule has 0 radical (unpaired) electrons. The molecule has 0 aliphatic heterocycles. The number of methoxy groups -OCH3 is 1. The van der Waals surface area contributed by atoms with E-state index in [1.807, 2.05) is 24.3 Å². The van der Waals surface area contributed by atoms with E-state index in [4.69, 9.17) is 9.84 Å². The third-order valence-electron chi connectivity index (χ3n) is 7.29. The van der Waals surface area contributed by atoms with Gasteiger partial charge in [0, 0.05) is 15.4 Å². The molecule has 0 amide bonds. The second-order valence-electron chi connectivity index (χ2n) is 9.38. The monoisotopic (exact) mass is 408 g/mol. The molecule has 4 saturated carbocycles. The zero-order valence-electron chi connectivity index (χ0n) is 16.9. The molecule has 0 saturated heterocycles. The first kappa shape index (κ1) is 19.0. The molecular weight excluding hydrogens is 380 g/mol. The molecule has 4 heteroatoms. The predicted octanol–water partition coefficient (Wildman–Crippen LogP) is 5.94. The SMILES string of the molecule is COc1ccc(Sc2ccc(CC(=O)O)cc2)cc1C12CC3CC(CC(C3)C1)C2. The Labute approximate surface area is 176 Å². The first-order valence-corrected chi connectivity index (χ1v) is 11.5. The Morgan fingerprint density at radius 2 is 1.59 bits per heavy atom. The second-order valence-corrected chi connectivity index (χ2v) is 10.5. The van der Waals surface area contributed by atoms with Crippen LogP contribution in [0.2, 0.25) is 0 Å². The van der Waals surface area contributed by atoms with Gasteiger partial charge in [0.1, 0.15) is 5.75 Å². The van der Waals surface area contributed by atoms with Crippen LogP contribution in [0.15, 0.2) is 52.3 Å². The van der Waals surface area contributed by atoms with Gasteiger partial charge < -0.3 is 9.84 Å². The largest absolute Gasteiger partial charge is 0.496 e. The highest BCUT2D eigenvalue weighted by Gasteiger charge is 2.52. The van der Waals surface area contributed by atoms with E-state index >= 15 is 0 Å². The Morgan fingerprint density at radius 3 is 2.14 bits per heavy atom. The van der Waals surface area contributed by atoms with Crippen LogP contribution in [0, 0.1) is 17.8 Å². The molecule has 0 aromatic heterocycles. The van der Waals surface area contributed by atoms with Gasteiger partial charge in [-0.05, 0) is 97.6 Å². The molecule has 4 aliphatic carbocycles. The first-order chi connectivity index (χ1) is 14.0. The fraction of sp³-hybridized carbons (Fsp3) is 0.480. The van der Waals surface area contributed by atoms with Gasteiger partial charge in [-0.25, -0.2) is 0 Å². The van der Waals surface area contributed by atoms with Gasteiger partial charge in [0.05, 0.1) is 13.5 Å². The average molecular weight is 409 g/mol. The summed E-state index contributed by atoms with van der Waals surface area (Å²) in [6.45, 7) is 0. The third-order valence-corrected chi connectivity index (χ3v) is 8.29. The second kappa shape index (κ2) is 7.39. The first-order valence-electron chi connectivity index (χ1n) is 10.7. The molecule has 3 nitrogen and oxygen atoms in total. The summed E-state index contributed by atoms with van der Waals surface area (Å²) in [5, 5.41) is 8.95. The molecule has 0 spiro atoms. The van der Waals surface area contributed by atoms with E-state index in [-0.39, 0.29) is 6.42 Å². The molecular formula is C25H28O3S. The predicted molar refractivity (Wildman–Crippen MR) is 115 cm³/mol. The van der Waals surface area contributed by atoms with Crippen LogP contribution in [0.25, 0.3) is 0 Å². The molecule has 1 N–H and O–H groups in total. The van der Waals surface area contributed by atoms with E-state index in [9.17, 15) is 4.79 Å². The van der Waals surface area contributed by atoms with E-state index < -0.39 is 5.97 Å². The number of carboxylic acids is 1. The molecule has 2 aromatic rings. The highest BCUT2D eigenvalue weighted by atomic mass is 32.2. The highest BCUT2D eigenvalue weighted by molar-refractivity contribution is 7.99. The summed E-state index contributed by atoms with van der Waals surface area (Å²) in [7, 11) is 1.80. The molecule has 0 atom stereocenters. The van der Waals surface area contributed by atoms with Gasteiger partial charge in [-0.15, -0.1) is 0 Å². The quantitative estimate of drug-likeness (QED) is 0.642. The topological polar surface area (TPSA) is 46.5 Å². The van der Waals surface area contributed by atoms with Gasteiger partial charge in [0.2, 0.25) is 0 Å². The van der Waals surface area contributed by atoms with Gasteiger partial charge in [-0.3, -0.25) is 4.79 Å². The Bertz CT molecular complexity index is 883. The van der Waals surface area contributed by atoms with Crippen LogP contribution >= 0.6 is 11.8 Å². The molecule has 6 rings (SSSR count). The fourth-order valence-corrected chi connectivity index (χ4v) is 7.45. The molecule has 4 fully saturated rings. The van der Waals surface area contributed by atoms with Gasteiger partial charge in [0.15, 0.2) is 0 Å². The van der Waals surface area contributed by atoms with E-state index in [2.05, 4.69) is 18.2 Å². The maximum absolute atomic E-state index is 10.9. The fourth-order valence-electron chi connectivity index (χ4n) is 6.59. The summed E-state index contributed by atoms with van der Waals surface area (Å²) in [5.41, 5.74) is 2.57. The van der Waals surface area contributed by atoms with Crippen LogP contribution in [0.1, 0.15) is 49.7 Å². The number of carboxylic acid groups (broad SMARTS) is 1. The molecule has 2 aromatic carbocycles. The number of rotatable bonds is 6. The van der Waals surface area contributed by atoms with Crippen molar-refractivity contribution in [1.82, 2.24) is 0 Å². The number of hydrogen-bond donors (Lipinski definition) is 1. The summed E-state index contributed by atoms with van der Waals surface area (Å²) in [6, 6.07) is 14.6. The van der Waals surface area contributed by atoms with Crippen molar-refractivity contribution in [2.45, 2.75) is 60.2 Å². The van der Waals surface area contributed by atoms with Gasteiger partial charge in [-0.2, -0.15) is 0 Å². The zero-order valence-corrected chi connectivity index (χ0v) is 17.7. The standard InChI is InChI=1S/C25H28O3S/c1-28-23-7-6-21(29-20-4-2-16(3-5-20)11-24(26)27)12-22(23)25-13-17-8-18(14-25)10-19(9-17)15-25/h2-7,12,17-19H,8-11,13-15H2,1H3,(H,26,27). The summed E-state index contributed by atoms with van der Waals surface area (Å²) >= 11 is 1.75. The minimum Gasteiger partial charge on any atom is -0.496 e. The molecule has 0 unspecified atom stereocenters. The van der Waals surface area contributed by atoms with Crippen molar-refractivity contribution in [3.8, 4) is 5.75 Å². The van der Waals surface area contributed by atoms with Crippen molar-refractivity contribution in [1.29, 1.82) is 0 Å². The Hall–Kier alpha value is -1.94. The van der Waals surface area contributed by atoms with Gasteiger partial charge in [0.25, 0.3) is 0 Å². The van der Waals surface area contributed by atoms with Crippen molar-refractivity contribution in [2.75, 3.05) is 7.11 Å². The lowest BCUT2D eigenvalue weighted by atomic mass is 9.48. The van der Waals surface area contributed by atoms with Crippen LogP contribution in [0.5, 0.6) is 5.75 Å². The minimum absolute atomic E-state index is 0.0731. The summed E-state index contributed by atoms with van der Waals surface area (Å²) in [4.78, 5) is 13.3. The summed E-state index contributed by atoms with van der Waals surface area (Å²) in [6.07, 6.45) is 8.38.